The van der Waals surface area contributed by atoms with Crippen molar-refractivity contribution in [2.45, 2.75) is 33.1 Å². The summed E-state index contributed by atoms with van der Waals surface area (Å²) in [6.45, 7) is 6.66. The van der Waals surface area contributed by atoms with Crippen molar-refractivity contribution in [1.82, 2.24) is 9.55 Å². The molecule has 126 valence electrons. The van der Waals surface area contributed by atoms with Gasteiger partial charge in [0.1, 0.15) is 11.9 Å². The minimum Gasteiger partial charge on any atom is -0.467 e. The van der Waals surface area contributed by atoms with Gasteiger partial charge in [0.15, 0.2) is 0 Å². The molecule has 2 unspecified atom stereocenters. The molecule has 0 N–H and O–H groups in total. The molecular formula is C17H22Cl2N2O2. The smallest absolute Gasteiger partial charge is 0.203 e. The molecule has 0 saturated carbocycles. The van der Waals surface area contributed by atoms with Crippen molar-refractivity contribution in [1.29, 1.82) is 0 Å². The lowest BCUT2D eigenvalue weighted by Gasteiger charge is -2.38. The second kappa shape index (κ2) is 8.04. The van der Waals surface area contributed by atoms with Crippen LogP contribution >= 0.6 is 23.2 Å². The highest BCUT2D eigenvalue weighted by molar-refractivity contribution is 6.30. The number of hydrogen-bond acceptors (Lipinski definition) is 3. The van der Waals surface area contributed by atoms with E-state index in [0.29, 0.717) is 23.3 Å². The van der Waals surface area contributed by atoms with E-state index in [0.717, 1.165) is 0 Å². The van der Waals surface area contributed by atoms with Crippen LogP contribution in [0.4, 0.5) is 0 Å². The maximum atomic E-state index is 6.20. The summed E-state index contributed by atoms with van der Waals surface area (Å²) >= 11 is 12.1. The first-order valence-corrected chi connectivity index (χ1v) is 8.46. The van der Waals surface area contributed by atoms with Crippen LogP contribution in [0.5, 0.6) is 5.75 Å². The lowest BCUT2D eigenvalue weighted by molar-refractivity contribution is -0.106. The van der Waals surface area contributed by atoms with Gasteiger partial charge in [-0.1, -0.05) is 25.4 Å². The Morgan fingerprint density at radius 1 is 1.26 bits per heavy atom. The zero-order chi connectivity index (χ0) is 16.9. The molecule has 0 amide bonds. The molecule has 1 aromatic carbocycles. The molecule has 2 aromatic rings. The molecule has 0 spiro atoms. The summed E-state index contributed by atoms with van der Waals surface area (Å²) in [6.07, 6.45) is 4.67. The Hall–Kier alpha value is -1.23. The summed E-state index contributed by atoms with van der Waals surface area (Å²) in [7, 11) is 0. The number of nitrogens with zero attached hydrogens (tertiary/aromatic N) is 2. The lowest BCUT2D eigenvalue weighted by Crippen LogP contribution is -2.43. The molecule has 23 heavy (non-hydrogen) atoms. The molecule has 0 radical (unpaired) electrons. The quantitative estimate of drug-likeness (QED) is 0.638. The van der Waals surface area contributed by atoms with Gasteiger partial charge in [0, 0.05) is 35.3 Å². The molecular weight excluding hydrogens is 335 g/mol. The Morgan fingerprint density at radius 3 is 2.48 bits per heavy atom. The van der Waals surface area contributed by atoms with Crippen molar-refractivity contribution >= 4 is 23.2 Å². The van der Waals surface area contributed by atoms with Gasteiger partial charge in [0.2, 0.25) is 6.23 Å². The summed E-state index contributed by atoms with van der Waals surface area (Å²) in [5.41, 5.74) is -0.279. The van der Waals surface area contributed by atoms with Gasteiger partial charge in [-0.15, -0.1) is 11.6 Å². The van der Waals surface area contributed by atoms with Gasteiger partial charge in [-0.25, -0.2) is 4.98 Å². The predicted molar refractivity (Wildman–Crippen MR) is 93.3 cm³/mol. The molecule has 1 heterocycles. The number of ether oxygens (including phenoxy) is 2. The average molecular weight is 357 g/mol. The molecule has 0 aliphatic heterocycles. The van der Waals surface area contributed by atoms with Gasteiger partial charge in [0.25, 0.3) is 0 Å². The summed E-state index contributed by atoms with van der Waals surface area (Å²) in [6, 6.07) is 7.26. The standard InChI is InChI=1S/C17H22Cl2N2O2/c1-4-22-15(17(2,3)11-18)16(21-10-9-20-12-21)23-14-7-5-13(19)6-8-14/h5-10,12,15-16H,4,11H2,1-3H3. The van der Waals surface area contributed by atoms with E-state index >= 15 is 0 Å². The number of aromatic nitrogens is 2. The number of benzene rings is 1. The Morgan fingerprint density at radius 2 is 1.96 bits per heavy atom. The molecule has 0 saturated heterocycles. The van der Waals surface area contributed by atoms with Gasteiger partial charge < -0.3 is 9.47 Å². The van der Waals surface area contributed by atoms with E-state index in [4.69, 9.17) is 32.7 Å². The molecule has 4 nitrogen and oxygen atoms in total. The first-order valence-electron chi connectivity index (χ1n) is 7.55. The van der Waals surface area contributed by atoms with Crippen molar-refractivity contribution in [3.63, 3.8) is 0 Å². The largest absolute Gasteiger partial charge is 0.467 e. The van der Waals surface area contributed by atoms with Gasteiger partial charge in [-0.2, -0.15) is 0 Å². The highest BCUT2D eigenvalue weighted by atomic mass is 35.5. The first kappa shape index (κ1) is 18.1. The fourth-order valence-electron chi connectivity index (χ4n) is 2.30. The summed E-state index contributed by atoms with van der Waals surface area (Å²) < 4.78 is 14.1. The van der Waals surface area contributed by atoms with Crippen molar-refractivity contribution in [3.05, 3.63) is 48.0 Å². The Kier molecular flexibility index (Phi) is 6.33. The second-order valence-electron chi connectivity index (χ2n) is 5.97. The topological polar surface area (TPSA) is 36.3 Å². The van der Waals surface area contributed by atoms with Crippen LogP contribution in [0.1, 0.15) is 27.0 Å². The minimum absolute atomic E-state index is 0.241. The maximum Gasteiger partial charge on any atom is 0.203 e. The predicted octanol–water partition coefficient (Wildman–Crippen LogP) is 4.78. The highest BCUT2D eigenvalue weighted by Crippen LogP contribution is 2.34. The SMILES string of the molecule is CCOC(C(Oc1ccc(Cl)cc1)n1ccnc1)C(C)(C)CCl. The van der Waals surface area contributed by atoms with E-state index in [1.54, 1.807) is 24.7 Å². The van der Waals surface area contributed by atoms with Crippen LogP contribution in [0.3, 0.4) is 0 Å². The van der Waals surface area contributed by atoms with Crippen molar-refractivity contribution in [2.75, 3.05) is 12.5 Å². The van der Waals surface area contributed by atoms with Crippen molar-refractivity contribution < 1.29 is 9.47 Å². The van der Waals surface area contributed by atoms with Gasteiger partial charge in [0.05, 0.1) is 6.33 Å². The van der Waals surface area contributed by atoms with Crippen LogP contribution in [-0.2, 0) is 4.74 Å². The van der Waals surface area contributed by atoms with E-state index in [1.807, 2.05) is 29.8 Å². The number of hydrogen-bond donors (Lipinski definition) is 0. The molecule has 0 aliphatic carbocycles. The first-order chi connectivity index (χ1) is 11.0. The summed E-state index contributed by atoms with van der Waals surface area (Å²) in [4.78, 5) is 4.12. The van der Waals surface area contributed by atoms with Gasteiger partial charge in [-0.05, 0) is 31.2 Å². The van der Waals surface area contributed by atoms with Crippen LogP contribution in [0.2, 0.25) is 5.02 Å². The van der Waals surface area contributed by atoms with Crippen molar-refractivity contribution in [3.8, 4) is 5.75 Å². The average Bonchev–Trinajstić information content (AvgIpc) is 3.06. The fraction of sp³-hybridized carbons (Fsp3) is 0.471. The van der Waals surface area contributed by atoms with Crippen LogP contribution < -0.4 is 4.74 Å². The number of rotatable bonds is 8. The monoisotopic (exact) mass is 356 g/mol. The third-order valence-electron chi connectivity index (χ3n) is 3.61. The maximum absolute atomic E-state index is 6.20. The lowest BCUT2D eigenvalue weighted by atomic mass is 9.87. The van der Waals surface area contributed by atoms with E-state index < -0.39 is 0 Å². The molecule has 6 heteroatoms. The van der Waals surface area contributed by atoms with E-state index in [2.05, 4.69) is 18.8 Å². The molecule has 2 atom stereocenters. The van der Waals surface area contributed by atoms with E-state index in [-0.39, 0.29) is 17.7 Å². The molecule has 1 aromatic heterocycles. The summed E-state index contributed by atoms with van der Waals surface area (Å²) in [5.74, 6) is 1.16. The normalized spacial score (nSPS) is 14.5. The number of imidazole rings is 1. The van der Waals surface area contributed by atoms with E-state index in [9.17, 15) is 0 Å². The summed E-state index contributed by atoms with van der Waals surface area (Å²) in [5, 5.41) is 0.666. The molecule has 0 bridgehead atoms. The van der Waals surface area contributed by atoms with Crippen molar-refractivity contribution in [2.24, 2.45) is 5.41 Å². The van der Waals surface area contributed by atoms with Crippen LogP contribution in [0.15, 0.2) is 43.0 Å². The minimum atomic E-state index is -0.382. The van der Waals surface area contributed by atoms with Gasteiger partial charge >= 0.3 is 0 Å². The van der Waals surface area contributed by atoms with Crippen LogP contribution in [0, 0.1) is 5.41 Å². The Balaban J connectivity index is 2.34. The van der Waals surface area contributed by atoms with Crippen LogP contribution in [0.25, 0.3) is 0 Å². The zero-order valence-electron chi connectivity index (χ0n) is 13.6. The van der Waals surface area contributed by atoms with E-state index in [1.165, 1.54) is 0 Å². The number of alkyl halides is 1. The van der Waals surface area contributed by atoms with Gasteiger partial charge in [-0.3, -0.25) is 4.57 Å². The molecule has 2 rings (SSSR count). The highest BCUT2D eigenvalue weighted by Gasteiger charge is 2.38. The second-order valence-corrected chi connectivity index (χ2v) is 6.67. The zero-order valence-corrected chi connectivity index (χ0v) is 15.1. The third-order valence-corrected chi connectivity index (χ3v) is 4.55. The van der Waals surface area contributed by atoms with Crippen LogP contribution in [-0.4, -0.2) is 28.1 Å². The Labute approximate surface area is 147 Å². The fourth-order valence-corrected chi connectivity index (χ4v) is 2.58. The molecule has 0 aliphatic rings. The molecule has 0 fully saturated rings. The number of halogens is 2. The Bertz CT molecular complexity index is 585. The third kappa shape index (κ3) is 4.63.